The lowest BCUT2D eigenvalue weighted by Gasteiger charge is -2.23. The van der Waals surface area contributed by atoms with E-state index in [-0.39, 0.29) is 29.8 Å². The highest BCUT2D eigenvalue weighted by molar-refractivity contribution is 5.99. The Morgan fingerprint density at radius 3 is 2.39 bits per heavy atom. The summed E-state index contributed by atoms with van der Waals surface area (Å²) in [5.74, 6) is -0.817. The summed E-state index contributed by atoms with van der Waals surface area (Å²) in [6, 6.07) is 4.01. The first kappa shape index (κ1) is 12.5. The van der Waals surface area contributed by atoms with Gasteiger partial charge in [0.2, 0.25) is 0 Å². The van der Waals surface area contributed by atoms with Crippen LogP contribution in [0.1, 0.15) is 23.2 Å². The van der Waals surface area contributed by atoms with Gasteiger partial charge in [0, 0.05) is 11.4 Å². The molecule has 7 heteroatoms. The lowest BCUT2D eigenvalue weighted by Crippen LogP contribution is -2.39. The standard InChI is InChI=1S/C11H12F3N3O/c12-11(13,14)10(3-4-10)17-8-2-1-6(15)5-7(8)9(16)18/h1-2,5,17H,3-4,15H2,(H2,16,18). The van der Waals surface area contributed by atoms with Crippen molar-refractivity contribution in [2.24, 2.45) is 5.73 Å². The number of alkyl halides is 3. The smallest absolute Gasteiger partial charge is 0.399 e. The van der Waals surface area contributed by atoms with Crippen molar-refractivity contribution in [1.82, 2.24) is 0 Å². The molecule has 4 nitrogen and oxygen atoms in total. The van der Waals surface area contributed by atoms with Crippen LogP contribution in [-0.2, 0) is 0 Å². The molecule has 0 atom stereocenters. The van der Waals surface area contributed by atoms with Crippen molar-refractivity contribution >= 4 is 17.3 Å². The molecule has 0 radical (unpaired) electrons. The van der Waals surface area contributed by atoms with Gasteiger partial charge in [-0.05, 0) is 31.0 Å². The molecule has 0 heterocycles. The van der Waals surface area contributed by atoms with Crippen molar-refractivity contribution in [3.8, 4) is 0 Å². The number of anilines is 2. The van der Waals surface area contributed by atoms with E-state index in [0.29, 0.717) is 0 Å². The fourth-order valence-corrected chi connectivity index (χ4v) is 1.74. The molecule has 0 bridgehead atoms. The molecule has 0 unspecified atom stereocenters. The Balaban J connectivity index is 2.33. The molecule has 18 heavy (non-hydrogen) atoms. The van der Waals surface area contributed by atoms with Crippen molar-refractivity contribution in [2.45, 2.75) is 24.6 Å². The number of primary amides is 1. The average molecular weight is 259 g/mol. The van der Waals surface area contributed by atoms with E-state index in [2.05, 4.69) is 5.32 Å². The van der Waals surface area contributed by atoms with Gasteiger partial charge in [0.1, 0.15) is 5.54 Å². The zero-order valence-electron chi connectivity index (χ0n) is 9.34. The molecule has 1 aromatic rings. The normalized spacial score (nSPS) is 17.3. The monoisotopic (exact) mass is 259 g/mol. The van der Waals surface area contributed by atoms with Crippen molar-refractivity contribution in [3.05, 3.63) is 23.8 Å². The van der Waals surface area contributed by atoms with E-state index in [1.165, 1.54) is 18.2 Å². The minimum absolute atomic E-state index is 0.0148. The third kappa shape index (κ3) is 2.07. The molecule has 0 aliphatic heterocycles. The lowest BCUT2D eigenvalue weighted by atomic mass is 10.1. The maximum atomic E-state index is 12.8. The van der Waals surface area contributed by atoms with Gasteiger partial charge in [-0.25, -0.2) is 0 Å². The first-order chi connectivity index (χ1) is 8.25. The Hall–Kier alpha value is -1.92. The summed E-state index contributed by atoms with van der Waals surface area (Å²) in [6.45, 7) is 0. The predicted octanol–water partition coefficient (Wildman–Crippen LogP) is 1.87. The van der Waals surface area contributed by atoms with Crippen molar-refractivity contribution in [3.63, 3.8) is 0 Å². The molecule has 5 N–H and O–H groups in total. The molecule has 0 saturated heterocycles. The van der Waals surface area contributed by atoms with E-state index < -0.39 is 17.6 Å². The third-order valence-corrected chi connectivity index (χ3v) is 2.98. The zero-order valence-corrected chi connectivity index (χ0v) is 9.34. The van der Waals surface area contributed by atoms with Crippen molar-refractivity contribution in [2.75, 3.05) is 11.1 Å². The fourth-order valence-electron chi connectivity index (χ4n) is 1.74. The SMILES string of the molecule is NC(=O)c1cc(N)ccc1NC1(C(F)(F)F)CC1. The number of nitrogens with two attached hydrogens (primary N) is 2. The van der Waals surface area contributed by atoms with Gasteiger partial charge in [-0.3, -0.25) is 4.79 Å². The summed E-state index contributed by atoms with van der Waals surface area (Å²) in [6.07, 6.45) is -4.39. The summed E-state index contributed by atoms with van der Waals surface area (Å²) in [4.78, 5) is 11.2. The van der Waals surface area contributed by atoms with E-state index >= 15 is 0 Å². The number of carbonyl (C=O) groups is 1. The third-order valence-electron chi connectivity index (χ3n) is 2.98. The Morgan fingerprint density at radius 1 is 1.33 bits per heavy atom. The first-order valence-electron chi connectivity index (χ1n) is 5.29. The quantitative estimate of drug-likeness (QED) is 0.725. The highest BCUT2D eigenvalue weighted by atomic mass is 19.4. The number of halogens is 3. The number of carbonyl (C=O) groups excluding carboxylic acids is 1. The number of hydrogen-bond acceptors (Lipinski definition) is 3. The highest BCUT2D eigenvalue weighted by Crippen LogP contribution is 2.51. The van der Waals surface area contributed by atoms with Crippen LogP contribution in [0, 0.1) is 0 Å². The topological polar surface area (TPSA) is 81.1 Å². The van der Waals surface area contributed by atoms with Crippen LogP contribution in [0.3, 0.4) is 0 Å². The van der Waals surface area contributed by atoms with Gasteiger partial charge >= 0.3 is 6.18 Å². The van der Waals surface area contributed by atoms with Gasteiger partial charge in [-0.2, -0.15) is 13.2 Å². The molecule has 1 saturated carbocycles. The maximum absolute atomic E-state index is 12.8. The van der Waals surface area contributed by atoms with E-state index in [4.69, 9.17) is 11.5 Å². The molecule has 98 valence electrons. The van der Waals surface area contributed by atoms with E-state index in [1.54, 1.807) is 0 Å². The number of amides is 1. The zero-order chi connectivity index (χ0) is 13.6. The Labute approximate surface area is 101 Å². The molecule has 1 fully saturated rings. The number of hydrogen-bond donors (Lipinski definition) is 3. The number of nitrogen functional groups attached to an aromatic ring is 1. The summed E-state index contributed by atoms with van der Waals surface area (Å²) >= 11 is 0. The predicted molar refractivity (Wildman–Crippen MR) is 61.0 cm³/mol. The highest BCUT2D eigenvalue weighted by Gasteiger charge is 2.63. The van der Waals surface area contributed by atoms with Crippen LogP contribution in [0.5, 0.6) is 0 Å². The van der Waals surface area contributed by atoms with E-state index in [9.17, 15) is 18.0 Å². The number of rotatable bonds is 3. The molecule has 2 rings (SSSR count). The molecule has 1 aliphatic rings. The second-order valence-electron chi connectivity index (χ2n) is 4.37. The Bertz CT molecular complexity index is 495. The summed E-state index contributed by atoms with van der Waals surface area (Å²) < 4.78 is 38.4. The van der Waals surface area contributed by atoms with Crippen LogP contribution < -0.4 is 16.8 Å². The molecular formula is C11H12F3N3O. The molecule has 0 spiro atoms. The molecular weight excluding hydrogens is 247 g/mol. The van der Waals surface area contributed by atoms with Gasteiger partial charge in [0.15, 0.2) is 0 Å². The van der Waals surface area contributed by atoms with Gasteiger partial charge in [-0.15, -0.1) is 0 Å². The summed E-state index contributed by atoms with van der Waals surface area (Å²) in [7, 11) is 0. The fraction of sp³-hybridized carbons (Fsp3) is 0.364. The van der Waals surface area contributed by atoms with Crippen molar-refractivity contribution < 1.29 is 18.0 Å². The van der Waals surface area contributed by atoms with E-state index in [0.717, 1.165) is 0 Å². The van der Waals surface area contributed by atoms with Crippen LogP contribution in [-0.4, -0.2) is 17.6 Å². The van der Waals surface area contributed by atoms with E-state index in [1.807, 2.05) is 0 Å². The second kappa shape index (κ2) is 3.79. The largest absolute Gasteiger partial charge is 0.411 e. The summed E-state index contributed by atoms with van der Waals surface area (Å²) in [5.41, 5.74) is 8.95. The Kier molecular flexibility index (Phi) is 2.64. The molecule has 0 aromatic heterocycles. The van der Waals surface area contributed by atoms with Gasteiger partial charge in [0.05, 0.1) is 5.56 Å². The Morgan fingerprint density at radius 2 is 1.94 bits per heavy atom. The molecule has 1 aliphatic carbocycles. The van der Waals surface area contributed by atoms with Crippen LogP contribution in [0.4, 0.5) is 24.5 Å². The van der Waals surface area contributed by atoms with Crippen molar-refractivity contribution in [1.29, 1.82) is 0 Å². The van der Waals surface area contributed by atoms with Gasteiger partial charge in [0.25, 0.3) is 5.91 Å². The summed E-state index contributed by atoms with van der Waals surface area (Å²) in [5, 5.41) is 2.37. The molecule has 1 amide bonds. The van der Waals surface area contributed by atoms with Crippen LogP contribution >= 0.6 is 0 Å². The van der Waals surface area contributed by atoms with Gasteiger partial charge in [-0.1, -0.05) is 0 Å². The lowest BCUT2D eigenvalue weighted by molar-refractivity contribution is -0.151. The molecule has 1 aromatic carbocycles. The number of nitrogens with one attached hydrogen (secondary N) is 1. The minimum atomic E-state index is -4.36. The van der Waals surface area contributed by atoms with Crippen LogP contribution in [0.25, 0.3) is 0 Å². The van der Waals surface area contributed by atoms with Crippen LogP contribution in [0.15, 0.2) is 18.2 Å². The second-order valence-corrected chi connectivity index (χ2v) is 4.37. The maximum Gasteiger partial charge on any atom is 0.411 e. The average Bonchev–Trinajstić information content (AvgIpc) is 3.00. The first-order valence-corrected chi connectivity index (χ1v) is 5.29. The van der Waals surface area contributed by atoms with Gasteiger partial charge < -0.3 is 16.8 Å². The van der Waals surface area contributed by atoms with Crippen LogP contribution in [0.2, 0.25) is 0 Å². The number of benzene rings is 1. The minimum Gasteiger partial charge on any atom is -0.399 e.